The molecule has 0 fully saturated rings. The molecule has 0 aromatic heterocycles. The van der Waals surface area contributed by atoms with Crippen molar-refractivity contribution < 1.29 is 9.59 Å². The molecule has 2 amide bonds. The predicted molar refractivity (Wildman–Crippen MR) is 79.1 cm³/mol. The molecule has 102 valence electrons. The Hall–Kier alpha value is -2.16. The summed E-state index contributed by atoms with van der Waals surface area (Å²) in [6.45, 7) is 7.76. The van der Waals surface area contributed by atoms with Crippen LogP contribution in [0, 0.1) is 13.8 Å². The van der Waals surface area contributed by atoms with Crippen LogP contribution in [0.3, 0.4) is 0 Å². The first-order valence-corrected chi connectivity index (χ1v) is 6.84. The van der Waals surface area contributed by atoms with Crippen LogP contribution in [0.2, 0.25) is 0 Å². The second-order valence-corrected chi connectivity index (χ2v) is 5.67. The van der Waals surface area contributed by atoms with Crippen molar-refractivity contribution in [2.24, 2.45) is 0 Å². The molecule has 3 heteroatoms. The number of carbonyl (C=O) groups excluding carboxylic acids is 2. The molecule has 0 bridgehead atoms. The first kappa shape index (κ1) is 12.9. The van der Waals surface area contributed by atoms with Crippen molar-refractivity contribution in [1.29, 1.82) is 0 Å². The number of imide groups is 1. The average Bonchev–Trinajstić information content (AvgIpc) is 2.40. The number of benzene rings is 2. The number of hydrogen-bond donors (Lipinski definition) is 0. The molecule has 3 rings (SSSR count). The van der Waals surface area contributed by atoms with Gasteiger partial charge in [-0.05, 0) is 56.3 Å². The third-order valence-electron chi connectivity index (χ3n) is 4.10. The van der Waals surface area contributed by atoms with Crippen molar-refractivity contribution in [3.63, 3.8) is 0 Å². The van der Waals surface area contributed by atoms with Crippen LogP contribution in [0.15, 0.2) is 24.3 Å². The van der Waals surface area contributed by atoms with Crippen LogP contribution < -0.4 is 0 Å². The highest BCUT2D eigenvalue weighted by Crippen LogP contribution is 2.34. The summed E-state index contributed by atoms with van der Waals surface area (Å²) in [4.78, 5) is 26.5. The highest BCUT2D eigenvalue weighted by molar-refractivity contribution is 6.26. The third kappa shape index (κ3) is 1.52. The molecular weight excluding hydrogens is 250 g/mol. The van der Waals surface area contributed by atoms with Gasteiger partial charge in [-0.1, -0.05) is 12.1 Å². The van der Waals surface area contributed by atoms with Gasteiger partial charge in [0, 0.05) is 22.6 Å². The molecule has 0 N–H and O–H groups in total. The summed E-state index contributed by atoms with van der Waals surface area (Å²) in [6.07, 6.45) is 0. The highest BCUT2D eigenvalue weighted by Gasteiger charge is 2.34. The summed E-state index contributed by atoms with van der Waals surface area (Å²) in [5.74, 6) is -0.372. The van der Waals surface area contributed by atoms with Crippen LogP contribution in [0.25, 0.3) is 10.8 Å². The zero-order valence-electron chi connectivity index (χ0n) is 12.2. The smallest absolute Gasteiger partial charge is 0.261 e. The third-order valence-corrected chi connectivity index (χ3v) is 4.10. The van der Waals surface area contributed by atoms with Crippen LogP contribution in [0.1, 0.15) is 45.7 Å². The number of carbonyl (C=O) groups is 2. The number of hydrogen-bond acceptors (Lipinski definition) is 2. The molecule has 0 aliphatic carbocycles. The van der Waals surface area contributed by atoms with Crippen LogP contribution in [0.4, 0.5) is 0 Å². The predicted octanol–water partition coefficient (Wildman–Crippen LogP) is 3.46. The summed E-state index contributed by atoms with van der Waals surface area (Å²) < 4.78 is 0. The topological polar surface area (TPSA) is 37.4 Å². The van der Waals surface area contributed by atoms with E-state index in [1.807, 2.05) is 52.0 Å². The Morgan fingerprint density at radius 3 is 2.30 bits per heavy atom. The van der Waals surface area contributed by atoms with Gasteiger partial charge in [0.05, 0.1) is 0 Å². The van der Waals surface area contributed by atoms with E-state index in [1.54, 1.807) is 0 Å². The van der Waals surface area contributed by atoms with Crippen molar-refractivity contribution in [3.05, 3.63) is 46.5 Å². The van der Waals surface area contributed by atoms with Crippen LogP contribution in [-0.2, 0) is 0 Å². The molecule has 20 heavy (non-hydrogen) atoms. The van der Waals surface area contributed by atoms with Crippen LogP contribution in [-0.4, -0.2) is 22.8 Å². The molecule has 0 unspecified atom stereocenters. The van der Waals surface area contributed by atoms with E-state index >= 15 is 0 Å². The second kappa shape index (κ2) is 4.17. The largest absolute Gasteiger partial charge is 0.272 e. The van der Waals surface area contributed by atoms with Crippen molar-refractivity contribution in [2.75, 3.05) is 0 Å². The van der Waals surface area contributed by atoms with Gasteiger partial charge in [-0.3, -0.25) is 14.5 Å². The summed E-state index contributed by atoms with van der Waals surface area (Å²) in [5, 5.41) is 1.81. The van der Waals surface area contributed by atoms with E-state index in [2.05, 4.69) is 0 Å². The van der Waals surface area contributed by atoms with Crippen molar-refractivity contribution in [1.82, 2.24) is 4.90 Å². The second-order valence-electron chi connectivity index (χ2n) is 5.67. The van der Waals surface area contributed by atoms with Gasteiger partial charge in [-0.25, -0.2) is 0 Å². The maximum absolute atomic E-state index is 12.6. The van der Waals surface area contributed by atoms with Gasteiger partial charge in [-0.2, -0.15) is 0 Å². The standard InChI is InChI=1S/C17H17NO2/c1-9(2)18-16(19)13-7-5-6-12-11(4)10(3)8-14(15(12)13)17(18)20/h5-9H,1-4H3. The molecule has 2 aromatic rings. The number of aryl methyl sites for hydroxylation is 2. The molecule has 1 heterocycles. The van der Waals surface area contributed by atoms with Crippen LogP contribution >= 0.6 is 0 Å². The Morgan fingerprint density at radius 1 is 1.00 bits per heavy atom. The minimum Gasteiger partial charge on any atom is -0.272 e. The van der Waals surface area contributed by atoms with Gasteiger partial charge in [0.2, 0.25) is 0 Å². The molecular formula is C17H17NO2. The highest BCUT2D eigenvalue weighted by atomic mass is 16.2. The maximum atomic E-state index is 12.6. The van der Waals surface area contributed by atoms with Crippen LogP contribution in [0.5, 0.6) is 0 Å². The molecule has 3 nitrogen and oxygen atoms in total. The summed E-state index contributed by atoms with van der Waals surface area (Å²) in [6, 6.07) is 7.45. The first-order valence-electron chi connectivity index (χ1n) is 6.84. The average molecular weight is 267 g/mol. The minimum atomic E-state index is -0.189. The van der Waals surface area contributed by atoms with Gasteiger partial charge >= 0.3 is 0 Å². The van der Waals surface area contributed by atoms with E-state index < -0.39 is 0 Å². The number of amides is 2. The lowest BCUT2D eigenvalue weighted by Crippen LogP contribution is -2.44. The number of rotatable bonds is 1. The Morgan fingerprint density at radius 2 is 1.65 bits per heavy atom. The van der Waals surface area contributed by atoms with E-state index in [9.17, 15) is 9.59 Å². The number of nitrogens with zero attached hydrogens (tertiary/aromatic N) is 1. The molecule has 0 atom stereocenters. The normalized spacial score (nSPS) is 14.6. The van der Waals surface area contributed by atoms with E-state index in [0.29, 0.717) is 11.1 Å². The Bertz CT molecular complexity index is 759. The fourth-order valence-electron chi connectivity index (χ4n) is 2.93. The molecule has 1 aliphatic rings. The minimum absolute atomic E-state index is 0.139. The molecule has 2 aromatic carbocycles. The first-order chi connectivity index (χ1) is 9.43. The molecule has 1 aliphatic heterocycles. The zero-order valence-corrected chi connectivity index (χ0v) is 12.2. The Balaban J connectivity index is 2.45. The quantitative estimate of drug-likeness (QED) is 0.742. The Labute approximate surface area is 118 Å². The summed E-state index contributed by atoms with van der Waals surface area (Å²) in [5.41, 5.74) is 3.49. The van der Waals surface area contributed by atoms with Crippen molar-refractivity contribution in [2.45, 2.75) is 33.7 Å². The molecule has 0 saturated heterocycles. The van der Waals surface area contributed by atoms with Gasteiger partial charge in [0.25, 0.3) is 11.8 Å². The maximum Gasteiger partial charge on any atom is 0.261 e. The van der Waals surface area contributed by atoms with E-state index in [0.717, 1.165) is 21.9 Å². The van der Waals surface area contributed by atoms with E-state index in [-0.39, 0.29) is 17.9 Å². The monoisotopic (exact) mass is 267 g/mol. The van der Waals surface area contributed by atoms with Gasteiger partial charge in [0.1, 0.15) is 0 Å². The van der Waals surface area contributed by atoms with E-state index in [1.165, 1.54) is 4.90 Å². The van der Waals surface area contributed by atoms with Gasteiger partial charge in [0.15, 0.2) is 0 Å². The van der Waals surface area contributed by atoms with Crippen molar-refractivity contribution >= 4 is 22.6 Å². The molecule has 0 radical (unpaired) electrons. The molecule has 0 saturated carbocycles. The lowest BCUT2D eigenvalue weighted by molar-refractivity contribution is 0.0564. The Kier molecular flexibility index (Phi) is 2.68. The zero-order chi connectivity index (χ0) is 14.6. The molecule has 0 spiro atoms. The SMILES string of the molecule is Cc1cc2c3c(cccc3c1C)C(=O)N(C(C)C)C2=O. The lowest BCUT2D eigenvalue weighted by atomic mass is 9.89. The fraction of sp³-hybridized carbons (Fsp3) is 0.294. The van der Waals surface area contributed by atoms with Crippen molar-refractivity contribution in [3.8, 4) is 0 Å². The lowest BCUT2D eigenvalue weighted by Gasteiger charge is -2.30. The summed E-state index contributed by atoms with van der Waals surface area (Å²) >= 11 is 0. The van der Waals surface area contributed by atoms with E-state index in [4.69, 9.17) is 0 Å². The summed E-state index contributed by atoms with van der Waals surface area (Å²) in [7, 11) is 0. The fourth-order valence-corrected chi connectivity index (χ4v) is 2.93. The van der Waals surface area contributed by atoms with Gasteiger partial charge in [-0.15, -0.1) is 0 Å². The van der Waals surface area contributed by atoms with Gasteiger partial charge < -0.3 is 0 Å².